The van der Waals surface area contributed by atoms with E-state index in [1.54, 1.807) is 6.07 Å². The molecule has 0 aliphatic carbocycles. The van der Waals surface area contributed by atoms with E-state index in [9.17, 15) is 4.79 Å². The molecule has 0 radical (unpaired) electrons. The van der Waals surface area contributed by atoms with Crippen molar-refractivity contribution in [1.29, 1.82) is 0 Å². The van der Waals surface area contributed by atoms with Crippen LogP contribution in [0.5, 0.6) is 5.75 Å². The fourth-order valence-electron chi connectivity index (χ4n) is 2.79. The van der Waals surface area contributed by atoms with Gasteiger partial charge in [0.2, 0.25) is 0 Å². The third-order valence-electron chi connectivity index (χ3n) is 4.28. The molecule has 0 fully saturated rings. The third-order valence-corrected chi connectivity index (χ3v) is 4.28. The Balaban J connectivity index is 2.09. The topological polar surface area (TPSA) is 41.6 Å². The van der Waals surface area contributed by atoms with E-state index in [0.29, 0.717) is 24.5 Å². The molecule has 0 aromatic heterocycles. The van der Waals surface area contributed by atoms with Crippen LogP contribution in [0.1, 0.15) is 41.4 Å². The van der Waals surface area contributed by atoms with Gasteiger partial charge in [-0.05, 0) is 50.7 Å². The summed E-state index contributed by atoms with van der Waals surface area (Å²) >= 11 is 0. The Labute approximate surface area is 150 Å². The number of carbonyl (C=O) groups excluding carboxylic acids is 1. The average Bonchev–Trinajstić information content (AvgIpc) is 2.62. The van der Waals surface area contributed by atoms with Crippen LogP contribution in [0.3, 0.4) is 0 Å². The first-order valence-corrected chi connectivity index (χ1v) is 8.82. The van der Waals surface area contributed by atoms with Gasteiger partial charge < -0.3 is 15.0 Å². The molecular weight excluding hydrogens is 312 g/mol. The smallest absolute Gasteiger partial charge is 0.255 e. The Morgan fingerprint density at radius 3 is 2.36 bits per heavy atom. The molecule has 1 N–H and O–H groups in total. The first-order valence-electron chi connectivity index (χ1n) is 8.82. The minimum absolute atomic E-state index is 0.110. The summed E-state index contributed by atoms with van der Waals surface area (Å²) in [5.41, 5.74) is 3.08. The summed E-state index contributed by atoms with van der Waals surface area (Å²) < 4.78 is 5.55. The Bertz CT molecular complexity index is 681. The SMILES string of the molecule is CCOc1ccccc1C(=O)NCC(c1ccc(CC)cc1)N(C)C. The predicted molar refractivity (Wildman–Crippen MR) is 102 cm³/mol. The van der Waals surface area contributed by atoms with E-state index in [-0.39, 0.29) is 11.9 Å². The Hall–Kier alpha value is -2.33. The van der Waals surface area contributed by atoms with Gasteiger partial charge in [-0.25, -0.2) is 0 Å². The molecule has 4 heteroatoms. The largest absolute Gasteiger partial charge is 0.493 e. The lowest BCUT2D eigenvalue weighted by atomic mass is 10.0. The third kappa shape index (κ3) is 5.07. The molecule has 2 aromatic carbocycles. The number of nitrogens with one attached hydrogen (secondary N) is 1. The maximum Gasteiger partial charge on any atom is 0.255 e. The Kier molecular flexibility index (Phi) is 7.02. The van der Waals surface area contributed by atoms with E-state index in [0.717, 1.165) is 6.42 Å². The zero-order chi connectivity index (χ0) is 18.2. The number of benzene rings is 2. The standard InChI is InChI=1S/C21H28N2O2/c1-5-16-11-13-17(14-12-16)19(23(3)4)15-22-21(24)18-9-7-8-10-20(18)25-6-2/h7-14,19H,5-6,15H2,1-4H3,(H,22,24). The van der Waals surface area contributed by atoms with Crippen LogP contribution in [0.25, 0.3) is 0 Å². The summed E-state index contributed by atoms with van der Waals surface area (Å²) in [7, 11) is 4.05. The van der Waals surface area contributed by atoms with Crippen LogP contribution >= 0.6 is 0 Å². The quantitative estimate of drug-likeness (QED) is 0.797. The lowest BCUT2D eigenvalue weighted by molar-refractivity contribution is 0.0938. The van der Waals surface area contributed by atoms with Crippen LogP contribution in [0.15, 0.2) is 48.5 Å². The number of nitrogens with zero attached hydrogens (tertiary/aromatic N) is 1. The maximum atomic E-state index is 12.6. The van der Waals surface area contributed by atoms with Gasteiger partial charge in [0.25, 0.3) is 5.91 Å². The van der Waals surface area contributed by atoms with Crippen LogP contribution < -0.4 is 10.1 Å². The number of carbonyl (C=O) groups is 1. The summed E-state index contributed by atoms with van der Waals surface area (Å²) in [5.74, 6) is 0.511. The van der Waals surface area contributed by atoms with Crippen molar-refractivity contribution < 1.29 is 9.53 Å². The summed E-state index contributed by atoms with van der Waals surface area (Å²) in [6.45, 7) is 5.14. The van der Waals surface area contributed by atoms with Gasteiger partial charge >= 0.3 is 0 Å². The van der Waals surface area contributed by atoms with Gasteiger partial charge in [0.15, 0.2) is 0 Å². The molecule has 1 atom stereocenters. The molecule has 0 aliphatic heterocycles. The van der Waals surface area contributed by atoms with E-state index >= 15 is 0 Å². The predicted octanol–water partition coefficient (Wildman–Crippen LogP) is 3.68. The summed E-state index contributed by atoms with van der Waals surface area (Å²) in [6, 6.07) is 16.1. The second-order valence-electron chi connectivity index (χ2n) is 6.21. The maximum absolute atomic E-state index is 12.6. The van der Waals surface area contributed by atoms with Crippen molar-refractivity contribution in [3.63, 3.8) is 0 Å². The molecular formula is C21H28N2O2. The van der Waals surface area contributed by atoms with Crippen molar-refractivity contribution in [2.75, 3.05) is 27.2 Å². The van der Waals surface area contributed by atoms with Gasteiger partial charge in [-0.15, -0.1) is 0 Å². The van der Waals surface area contributed by atoms with Crippen LogP contribution in [0.4, 0.5) is 0 Å². The van der Waals surface area contributed by atoms with E-state index in [1.807, 2.05) is 39.2 Å². The molecule has 4 nitrogen and oxygen atoms in total. The van der Waals surface area contributed by atoms with Gasteiger partial charge in [0, 0.05) is 6.54 Å². The molecule has 2 aromatic rings. The fourth-order valence-corrected chi connectivity index (χ4v) is 2.79. The molecule has 1 amide bonds. The van der Waals surface area contributed by atoms with Crippen LogP contribution in [-0.4, -0.2) is 38.1 Å². The second kappa shape index (κ2) is 9.23. The number of ether oxygens (including phenoxy) is 1. The minimum Gasteiger partial charge on any atom is -0.493 e. The first kappa shape index (κ1) is 19.0. The van der Waals surface area contributed by atoms with E-state index < -0.39 is 0 Å². The number of aryl methyl sites for hydroxylation is 1. The van der Waals surface area contributed by atoms with Crippen molar-refractivity contribution in [1.82, 2.24) is 10.2 Å². The van der Waals surface area contributed by atoms with Gasteiger partial charge in [0.05, 0.1) is 18.2 Å². The molecule has 25 heavy (non-hydrogen) atoms. The molecule has 0 saturated carbocycles. The Morgan fingerprint density at radius 2 is 1.76 bits per heavy atom. The highest BCUT2D eigenvalue weighted by molar-refractivity contribution is 5.96. The van der Waals surface area contributed by atoms with Gasteiger partial charge in [-0.2, -0.15) is 0 Å². The molecule has 0 saturated heterocycles. The molecule has 0 heterocycles. The highest BCUT2D eigenvalue weighted by Crippen LogP contribution is 2.20. The molecule has 0 spiro atoms. The van der Waals surface area contributed by atoms with Crippen molar-refractivity contribution in [2.24, 2.45) is 0 Å². The normalized spacial score (nSPS) is 12.0. The van der Waals surface area contributed by atoms with Gasteiger partial charge in [0.1, 0.15) is 5.75 Å². The molecule has 0 bridgehead atoms. The van der Waals surface area contributed by atoms with Gasteiger partial charge in [-0.1, -0.05) is 43.3 Å². The molecule has 2 rings (SSSR count). The monoisotopic (exact) mass is 340 g/mol. The second-order valence-corrected chi connectivity index (χ2v) is 6.21. The lowest BCUT2D eigenvalue weighted by Gasteiger charge is -2.25. The van der Waals surface area contributed by atoms with Crippen LogP contribution in [0, 0.1) is 0 Å². The highest BCUT2D eigenvalue weighted by atomic mass is 16.5. The lowest BCUT2D eigenvalue weighted by Crippen LogP contribution is -2.34. The van der Waals surface area contributed by atoms with Crippen LogP contribution in [0.2, 0.25) is 0 Å². The van der Waals surface area contributed by atoms with Crippen LogP contribution in [-0.2, 0) is 6.42 Å². The van der Waals surface area contributed by atoms with Crippen molar-refractivity contribution in [3.8, 4) is 5.75 Å². The average molecular weight is 340 g/mol. The van der Waals surface area contributed by atoms with Gasteiger partial charge in [-0.3, -0.25) is 4.79 Å². The molecule has 0 aliphatic rings. The first-order chi connectivity index (χ1) is 12.1. The molecule has 1 unspecified atom stereocenters. The number of hydrogen-bond acceptors (Lipinski definition) is 3. The summed E-state index contributed by atoms with van der Waals surface area (Å²) in [5, 5.41) is 3.05. The van der Waals surface area contributed by atoms with Crippen molar-refractivity contribution in [2.45, 2.75) is 26.3 Å². The Morgan fingerprint density at radius 1 is 1.08 bits per heavy atom. The number of rotatable bonds is 8. The van der Waals surface area contributed by atoms with Crippen molar-refractivity contribution in [3.05, 3.63) is 65.2 Å². The number of amides is 1. The van der Waals surface area contributed by atoms with E-state index in [2.05, 4.69) is 41.4 Å². The highest BCUT2D eigenvalue weighted by Gasteiger charge is 2.17. The zero-order valence-electron chi connectivity index (χ0n) is 15.6. The minimum atomic E-state index is -0.110. The number of para-hydroxylation sites is 1. The summed E-state index contributed by atoms with van der Waals surface area (Å²) in [4.78, 5) is 14.7. The zero-order valence-corrected chi connectivity index (χ0v) is 15.6. The fraction of sp³-hybridized carbons (Fsp3) is 0.381. The molecule has 134 valence electrons. The number of likely N-dealkylation sites (N-methyl/N-ethyl adjacent to an activating group) is 1. The van der Waals surface area contributed by atoms with E-state index in [1.165, 1.54) is 11.1 Å². The van der Waals surface area contributed by atoms with E-state index in [4.69, 9.17) is 4.74 Å². The van der Waals surface area contributed by atoms with Crippen molar-refractivity contribution >= 4 is 5.91 Å². The number of hydrogen-bond donors (Lipinski definition) is 1. The summed E-state index contributed by atoms with van der Waals surface area (Å²) in [6.07, 6.45) is 1.03.